The van der Waals surface area contributed by atoms with E-state index < -0.39 is 0 Å². The Balaban J connectivity index is 2.09. The first-order valence-corrected chi connectivity index (χ1v) is 5.58. The first kappa shape index (κ1) is 12.0. The summed E-state index contributed by atoms with van der Waals surface area (Å²) in [5.41, 5.74) is 1.60. The molecule has 0 bridgehead atoms. The predicted octanol–water partition coefficient (Wildman–Crippen LogP) is 3.15. The van der Waals surface area contributed by atoms with Crippen molar-refractivity contribution in [2.75, 3.05) is 7.11 Å². The van der Waals surface area contributed by atoms with Crippen molar-refractivity contribution in [3.05, 3.63) is 59.7 Å². The molecule has 0 amide bonds. The van der Waals surface area contributed by atoms with Crippen molar-refractivity contribution in [3.63, 3.8) is 0 Å². The Bertz CT molecular complexity index is 558. The van der Waals surface area contributed by atoms with Crippen LogP contribution in [-0.4, -0.2) is 7.11 Å². The summed E-state index contributed by atoms with van der Waals surface area (Å²) in [6, 6.07) is 17.2. The van der Waals surface area contributed by atoms with E-state index in [-0.39, 0.29) is 0 Å². The lowest BCUT2D eigenvalue weighted by atomic mass is 10.2. The van der Waals surface area contributed by atoms with Crippen molar-refractivity contribution >= 4 is 0 Å². The van der Waals surface area contributed by atoms with Crippen molar-refractivity contribution in [1.29, 1.82) is 5.26 Å². The first-order valence-electron chi connectivity index (χ1n) is 5.58. The molecule has 0 saturated heterocycles. The number of methoxy groups -OCH3 is 1. The molecule has 0 unspecified atom stereocenters. The fraction of sp³-hybridized carbons (Fsp3) is 0.133. The van der Waals surface area contributed by atoms with Gasteiger partial charge in [0.15, 0.2) is 0 Å². The van der Waals surface area contributed by atoms with Gasteiger partial charge in [0.2, 0.25) is 0 Å². The molecule has 18 heavy (non-hydrogen) atoms. The van der Waals surface area contributed by atoms with Gasteiger partial charge >= 0.3 is 0 Å². The highest BCUT2D eigenvalue weighted by Crippen LogP contribution is 2.24. The van der Waals surface area contributed by atoms with Crippen LogP contribution < -0.4 is 9.47 Å². The second kappa shape index (κ2) is 5.74. The van der Waals surface area contributed by atoms with Gasteiger partial charge in [-0.3, -0.25) is 0 Å². The van der Waals surface area contributed by atoms with Crippen LogP contribution in [0.3, 0.4) is 0 Å². The van der Waals surface area contributed by atoms with E-state index >= 15 is 0 Å². The van der Waals surface area contributed by atoms with E-state index in [1.54, 1.807) is 18.2 Å². The van der Waals surface area contributed by atoms with Crippen molar-refractivity contribution in [1.82, 2.24) is 0 Å². The summed E-state index contributed by atoms with van der Waals surface area (Å²) in [7, 11) is 1.54. The minimum absolute atomic E-state index is 0.496. The molecule has 0 N–H and O–H groups in total. The SMILES string of the molecule is COc1cc(OCc2ccccc2)ccc1C#N. The van der Waals surface area contributed by atoms with E-state index in [9.17, 15) is 0 Å². The molecule has 0 atom stereocenters. The van der Waals surface area contributed by atoms with Crippen LogP contribution in [0, 0.1) is 11.3 Å². The molecule has 0 aromatic heterocycles. The molecule has 0 saturated carbocycles. The molecular formula is C15H13NO2. The third kappa shape index (κ3) is 2.80. The van der Waals surface area contributed by atoms with E-state index in [0.29, 0.717) is 23.7 Å². The van der Waals surface area contributed by atoms with E-state index in [1.165, 1.54) is 7.11 Å². The van der Waals surface area contributed by atoms with Gasteiger partial charge in [-0.15, -0.1) is 0 Å². The van der Waals surface area contributed by atoms with Gasteiger partial charge in [0.05, 0.1) is 12.7 Å². The second-order valence-corrected chi connectivity index (χ2v) is 3.75. The highest BCUT2D eigenvalue weighted by Gasteiger charge is 2.04. The molecule has 0 spiro atoms. The normalized spacial score (nSPS) is 9.56. The van der Waals surface area contributed by atoms with Gasteiger partial charge in [-0.2, -0.15) is 5.26 Å². The predicted molar refractivity (Wildman–Crippen MR) is 68.5 cm³/mol. The monoisotopic (exact) mass is 239 g/mol. The number of nitrogens with zero attached hydrogens (tertiary/aromatic N) is 1. The molecule has 3 heteroatoms. The van der Waals surface area contributed by atoms with E-state index in [1.807, 2.05) is 30.3 Å². The van der Waals surface area contributed by atoms with Gasteiger partial charge in [-0.05, 0) is 17.7 Å². The molecule has 2 aromatic carbocycles. The Kier molecular flexibility index (Phi) is 3.83. The summed E-state index contributed by atoms with van der Waals surface area (Å²) in [6.45, 7) is 0.496. The summed E-state index contributed by atoms with van der Waals surface area (Å²) in [4.78, 5) is 0. The number of rotatable bonds is 4. The van der Waals surface area contributed by atoms with Crippen LogP contribution in [-0.2, 0) is 6.61 Å². The standard InChI is InChI=1S/C15H13NO2/c1-17-15-9-14(8-7-13(15)10-16)18-11-12-5-3-2-4-6-12/h2-9H,11H2,1H3. The minimum Gasteiger partial charge on any atom is -0.495 e. The third-order valence-corrected chi connectivity index (χ3v) is 2.54. The number of nitriles is 1. The Hall–Kier alpha value is -2.47. The van der Waals surface area contributed by atoms with Crippen LogP contribution in [0.1, 0.15) is 11.1 Å². The zero-order valence-electron chi connectivity index (χ0n) is 10.1. The second-order valence-electron chi connectivity index (χ2n) is 3.75. The van der Waals surface area contributed by atoms with E-state index in [2.05, 4.69) is 6.07 Å². The fourth-order valence-electron chi connectivity index (χ4n) is 1.59. The lowest BCUT2D eigenvalue weighted by Gasteiger charge is -2.08. The molecular weight excluding hydrogens is 226 g/mol. The van der Waals surface area contributed by atoms with E-state index in [4.69, 9.17) is 14.7 Å². The summed E-state index contributed by atoms with van der Waals surface area (Å²) >= 11 is 0. The first-order chi connectivity index (χ1) is 8.83. The fourth-order valence-corrected chi connectivity index (χ4v) is 1.59. The quantitative estimate of drug-likeness (QED) is 0.823. The summed E-state index contributed by atoms with van der Waals surface area (Å²) in [5.74, 6) is 1.22. The van der Waals surface area contributed by atoms with Crippen LogP contribution >= 0.6 is 0 Å². The maximum atomic E-state index is 8.88. The van der Waals surface area contributed by atoms with Gasteiger partial charge in [0.1, 0.15) is 24.2 Å². The van der Waals surface area contributed by atoms with Gasteiger partial charge < -0.3 is 9.47 Å². The topological polar surface area (TPSA) is 42.2 Å². The number of hydrogen-bond donors (Lipinski definition) is 0. The maximum absolute atomic E-state index is 8.88. The van der Waals surface area contributed by atoms with Gasteiger partial charge in [-0.1, -0.05) is 30.3 Å². The Morgan fingerprint density at radius 2 is 1.89 bits per heavy atom. The van der Waals surface area contributed by atoms with Crippen molar-refractivity contribution in [2.45, 2.75) is 6.61 Å². The zero-order chi connectivity index (χ0) is 12.8. The molecule has 2 aromatic rings. The largest absolute Gasteiger partial charge is 0.495 e. The molecule has 0 aliphatic heterocycles. The van der Waals surface area contributed by atoms with Gasteiger partial charge in [0.25, 0.3) is 0 Å². The third-order valence-electron chi connectivity index (χ3n) is 2.54. The average Bonchev–Trinajstić information content (AvgIpc) is 2.45. The zero-order valence-corrected chi connectivity index (χ0v) is 10.1. The van der Waals surface area contributed by atoms with Crippen molar-refractivity contribution < 1.29 is 9.47 Å². The highest BCUT2D eigenvalue weighted by molar-refractivity contribution is 5.47. The average molecular weight is 239 g/mol. The smallest absolute Gasteiger partial charge is 0.140 e. The van der Waals surface area contributed by atoms with E-state index in [0.717, 1.165) is 5.56 Å². The molecule has 0 heterocycles. The summed E-state index contributed by atoms with van der Waals surface area (Å²) < 4.78 is 10.8. The molecule has 0 aliphatic carbocycles. The van der Waals surface area contributed by atoms with Crippen LogP contribution in [0.15, 0.2) is 48.5 Å². The summed E-state index contributed by atoms with van der Waals surface area (Å²) in [6.07, 6.45) is 0. The molecule has 0 radical (unpaired) electrons. The van der Waals surface area contributed by atoms with Gasteiger partial charge in [0, 0.05) is 6.07 Å². The van der Waals surface area contributed by atoms with Crippen molar-refractivity contribution in [2.24, 2.45) is 0 Å². The number of hydrogen-bond acceptors (Lipinski definition) is 3. The lowest BCUT2D eigenvalue weighted by Crippen LogP contribution is -1.96. The molecule has 2 rings (SSSR count). The van der Waals surface area contributed by atoms with Gasteiger partial charge in [-0.25, -0.2) is 0 Å². The molecule has 0 aliphatic rings. The van der Waals surface area contributed by atoms with Crippen LogP contribution in [0.2, 0.25) is 0 Å². The molecule has 0 fully saturated rings. The van der Waals surface area contributed by atoms with Crippen LogP contribution in [0.25, 0.3) is 0 Å². The Morgan fingerprint density at radius 3 is 2.56 bits per heavy atom. The maximum Gasteiger partial charge on any atom is 0.140 e. The number of benzene rings is 2. The summed E-state index contributed by atoms with van der Waals surface area (Å²) in [5, 5.41) is 8.88. The number of ether oxygens (including phenoxy) is 2. The lowest BCUT2D eigenvalue weighted by molar-refractivity contribution is 0.303. The van der Waals surface area contributed by atoms with Crippen LogP contribution in [0.5, 0.6) is 11.5 Å². The van der Waals surface area contributed by atoms with Crippen molar-refractivity contribution in [3.8, 4) is 17.6 Å². The molecule has 3 nitrogen and oxygen atoms in total. The molecule has 90 valence electrons. The minimum atomic E-state index is 0.496. The Labute approximate surface area is 106 Å². The Morgan fingerprint density at radius 1 is 1.11 bits per heavy atom. The van der Waals surface area contributed by atoms with Crippen LogP contribution in [0.4, 0.5) is 0 Å². The highest BCUT2D eigenvalue weighted by atomic mass is 16.5.